The lowest BCUT2D eigenvalue weighted by Gasteiger charge is -2.17. The van der Waals surface area contributed by atoms with E-state index in [1.54, 1.807) is 5.32 Å². The van der Waals surface area contributed by atoms with Gasteiger partial charge in [0.1, 0.15) is 0 Å². The fraction of sp³-hybridized carbons (Fsp3) is 0.353. The number of nitrogens with one attached hydrogen (secondary N) is 1. The van der Waals surface area contributed by atoms with E-state index >= 15 is 0 Å². The average Bonchev–Trinajstić information content (AvgIpc) is 2.43. The SMILES string of the molecule is CC(=O)OC(C)(C)C#Cc1cc(C(C)=O)ccc1NC(=O)C(F)(F)F. The molecule has 0 radical (unpaired) electrons. The summed E-state index contributed by atoms with van der Waals surface area (Å²) in [5, 5.41) is 1.71. The summed E-state index contributed by atoms with van der Waals surface area (Å²) in [7, 11) is 0. The monoisotopic (exact) mass is 355 g/mol. The molecule has 0 aliphatic carbocycles. The number of ether oxygens (including phenoxy) is 1. The summed E-state index contributed by atoms with van der Waals surface area (Å²) in [4.78, 5) is 33.6. The first kappa shape index (κ1) is 20.2. The molecule has 0 spiro atoms. The molecule has 8 heteroatoms. The van der Waals surface area contributed by atoms with Gasteiger partial charge in [-0.25, -0.2) is 0 Å². The fourth-order valence-electron chi connectivity index (χ4n) is 1.77. The molecule has 0 aliphatic heterocycles. The summed E-state index contributed by atoms with van der Waals surface area (Å²) < 4.78 is 42.3. The van der Waals surface area contributed by atoms with Gasteiger partial charge in [-0.3, -0.25) is 14.4 Å². The van der Waals surface area contributed by atoms with Crippen molar-refractivity contribution in [1.29, 1.82) is 0 Å². The molecule has 0 bridgehead atoms. The zero-order valence-corrected chi connectivity index (χ0v) is 14.0. The predicted molar refractivity (Wildman–Crippen MR) is 83.9 cm³/mol. The quantitative estimate of drug-likeness (QED) is 0.514. The number of rotatable bonds is 3. The molecule has 0 unspecified atom stereocenters. The number of ketones is 1. The number of carbonyl (C=O) groups excluding carboxylic acids is 3. The topological polar surface area (TPSA) is 72.5 Å². The number of halogens is 3. The molecule has 1 rings (SSSR count). The Labute approximate surface area is 142 Å². The molecular formula is C17H16F3NO4. The molecule has 25 heavy (non-hydrogen) atoms. The van der Waals surface area contributed by atoms with Crippen LogP contribution >= 0.6 is 0 Å². The van der Waals surface area contributed by atoms with Gasteiger partial charge < -0.3 is 10.1 Å². The molecule has 1 N–H and O–H groups in total. The van der Waals surface area contributed by atoms with Crippen molar-refractivity contribution in [3.8, 4) is 11.8 Å². The van der Waals surface area contributed by atoms with E-state index in [9.17, 15) is 27.6 Å². The minimum atomic E-state index is -5.07. The molecule has 1 aromatic rings. The minimum absolute atomic E-state index is 0.00877. The van der Waals surface area contributed by atoms with Crippen LogP contribution in [0.25, 0.3) is 0 Å². The van der Waals surface area contributed by atoms with Crippen LogP contribution < -0.4 is 5.32 Å². The van der Waals surface area contributed by atoms with Crippen LogP contribution in [0, 0.1) is 11.8 Å². The molecular weight excluding hydrogens is 339 g/mol. The van der Waals surface area contributed by atoms with Crippen LogP contribution in [0.15, 0.2) is 18.2 Å². The average molecular weight is 355 g/mol. The van der Waals surface area contributed by atoms with Crippen LogP contribution in [-0.4, -0.2) is 29.4 Å². The van der Waals surface area contributed by atoms with Crippen molar-refractivity contribution in [2.75, 3.05) is 5.32 Å². The highest BCUT2D eigenvalue weighted by Gasteiger charge is 2.39. The third kappa shape index (κ3) is 6.30. The van der Waals surface area contributed by atoms with E-state index in [-0.39, 0.29) is 22.6 Å². The number of hydrogen-bond donors (Lipinski definition) is 1. The zero-order chi connectivity index (χ0) is 19.4. The van der Waals surface area contributed by atoms with Crippen molar-refractivity contribution in [2.45, 2.75) is 39.5 Å². The molecule has 0 heterocycles. The number of alkyl halides is 3. The van der Waals surface area contributed by atoms with Gasteiger partial charge in [0, 0.05) is 18.1 Å². The number of carbonyl (C=O) groups is 3. The van der Waals surface area contributed by atoms with Crippen LogP contribution in [-0.2, 0) is 14.3 Å². The molecule has 0 atom stereocenters. The molecule has 5 nitrogen and oxygen atoms in total. The Bertz CT molecular complexity index is 770. The van der Waals surface area contributed by atoms with Gasteiger partial charge in [-0.2, -0.15) is 13.2 Å². The zero-order valence-electron chi connectivity index (χ0n) is 14.0. The highest BCUT2D eigenvalue weighted by molar-refractivity contribution is 5.98. The second-order valence-electron chi connectivity index (χ2n) is 5.62. The molecule has 1 amide bonds. The van der Waals surface area contributed by atoms with Crippen LogP contribution in [0.1, 0.15) is 43.6 Å². The summed E-state index contributed by atoms with van der Waals surface area (Å²) in [6.07, 6.45) is -5.07. The summed E-state index contributed by atoms with van der Waals surface area (Å²) in [6, 6.07) is 3.69. The number of Topliss-reactive ketones (excluding diaryl/α,β-unsaturated/α-hetero) is 1. The third-order valence-corrected chi connectivity index (χ3v) is 2.83. The van der Waals surface area contributed by atoms with Gasteiger partial charge in [-0.1, -0.05) is 11.8 Å². The lowest BCUT2D eigenvalue weighted by molar-refractivity contribution is -0.167. The van der Waals surface area contributed by atoms with Crippen LogP contribution in [0.4, 0.5) is 18.9 Å². The van der Waals surface area contributed by atoms with E-state index in [0.717, 1.165) is 6.07 Å². The third-order valence-electron chi connectivity index (χ3n) is 2.83. The fourth-order valence-corrected chi connectivity index (χ4v) is 1.77. The van der Waals surface area contributed by atoms with Crippen LogP contribution in [0.3, 0.4) is 0 Å². The number of hydrogen-bond acceptors (Lipinski definition) is 4. The van der Waals surface area contributed by atoms with E-state index in [4.69, 9.17) is 4.74 Å². The van der Waals surface area contributed by atoms with Gasteiger partial charge >= 0.3 is 18.1 Å². The maximum atomic E-state index is 12.4. The van der Waals surface area contributed by atoms with Crippen LogP contribution in [0.2, 0.25) is 0 Å². The Morgan fingerprint density at radius 2 is 1.72 bits per heavy atom. The van der Waals surface area contributed by atoms with E-state index in [0.29, 0.717) is 0 Å². The first-order valence-corrected chi connectivity index (χ1v) is 7.08. The van der Waals surface area contributed by atoms with Gasteiger partial charge in [-0.15, -0.1) is 0 Å². The summed E-state index contributed by atoms with van der Waals surface area (Å²) in [5.41, 5.74) is -1.22. The van der Waals surface area contributed by atoms with Crippen molar-refractivity contribution >= 4 is 23.3 Å². The maximum absolute atomic E-state index is 12.4. The number of benzene rings is 1. The Balaban J connectivity index is 3.31. The van der Waals surface area contributed by atoms with Gasteiger partial charge in [-0.05, 0) is 39.0 Å². The second-order valence-corrected chi connectivity index (χ2v) is 5.62. The van der Waals surface area contributed by atoms with Crippen molar-refractivity contribution in [2.24, 2.45) is 0 Å². The summed E-state index contributed by atoms with van der Waals surface area (Å²) in [5.74, 6) is 2.07. The Morgan fingerprint density at radius 1 is 1.12 bits per heavy atom. The van der Waals surface area contributed by atoms with Crippen molar-refractivity contribution < 1.29 is 32.3 Å². The molecule has 0 saturated heterocycles. The minimum Gasteiger partial charge on any atom is -0.447 e. The Kier molecular flexibility index (Phi) is 5.97. The second kappa shape index (κ2) is 7.38. The van der Waals surface area contributed by atoms with E-state index in [2.05, 4.69) is 11.8 Å². The standard InChI is InChI=1S/C17H16F3NO4/c1-10(22)12-5-6-14(21-15(24)17(18,19)20)13(9-12)7-8-16(3,4)25-11(2)23/h5-6,9H,1-4H3,(H,21,24). The van der Waals surface area contributed by atoms with Crippen LogP contribution in [0.5, 0.6) is 0 Å². The van der Waals surface area contributed by atoms with E-state index < -0.39 is 23.7 Å². The van der Waals surface area contributed by atoms with Gasteiger partial charge in [0.05, 0.1) is 5.69 Å². The normalized spacial score (nSPS) is 11.2. The van der Waals surface area contributed by atoms with Crippen molar-refractivity contribution in [3.05, 3.63) is 29.3 Å². The predicted octanol–water partition coefficient (Wildman–Crippen LogP) is 3.08. The number of anilines is 1. The van der Waals surface area contributed by atoms with Crippen molar-refractivity contribution in [3.63, 3.8) is 0 Å². The lowest BCUT2D eigenvalue weighted by Crippen LogP contribution is -2.30. The van der Waals surface area contributed by atoms with Crippen molar-refractivity contribution in [1.82, 2.24) is 0 Å². The maximum Gasteiger partial charge on any atom is 0.471 e. The number of esters is 1. The molecule has 0 aliphatic rings. The van der Waals surface area contributed by atoms with Gasteiger partial charge in [0.25, 0.3) is 0 Å². The highest BCUT2D eigenvalue weighted by Crippen LogP contribution is 2.22. The molecule has 0 saturated carbocycles. The first-order chi connectivity index (χ1) is 11.3. The Hall–Kier alpha value is -2.82. The summed E-state index contributed by atoms with van der Waals surface area (Å²) in [6.45, 7) is 5.45. The first-order valence-electron chi connectivity index (χ1n) is 7.08. The van der Waals surface area contributed by atoms with E-state index in [1.165, 1.54) is 39.8 Å². The summed E-state index contributed by atoms with van der Waals surface area (Å²) >= 11 is 0. The molecule has 1 aromatic carbocycles. The highest BCUT2D eigenvalue weighted by atomic mass is 19.4. The molecule has 134 valence electrons. The van der Waals surface area contributed by atoms with E-state index in [1.807, 2.05) is 0 Å². The smallest absolute Gasteiger partial charge is 0.447 e. The largest absolute Gasteiger partial charge is 0.471 e. The number of amides is 1. The lowest BCUT2D eigenvalue weighted by atomic mass is 10.0. The molecule has 0 fully saturated rings. The Morgan fingerprint density at radius 3 is 2.20 bits per heavy atom. The van der Waals surface area contributed by atoms with Gasteiger partial charge in [0.15, 0.2) is 11.4 Å². The molecule has 0 aromatic heterocycles. The van der Waals surface area contributed by atoms with Gasteiger partial charge in [0.2, 0.25) is 0 Å².